The summed E-state index contributed by atoms with van der Waals surface area (Å²) in [6.07, 6.45) is -4.66. The Morgan fingerprint density at radius 1 is 0.889 bits per heavy atom. The molecule has 0 spiro atoms. The van der Waals surface area contributed by atoms with E-state index in [2.05, 4.69) is 4.74 Å². The van der Waals surface area contributed by atoms with Gasteiger partial charge < -0.3 is 4.74 Å². The van der Waals surface area contributed by atoms with E-state index in [1.54, 1.807) is 6.07 Å². The number of ether oxygens (including phenoxy) is 1. The standard InChI is InChI=1S/C14H11F3O/c1-10-5-7-11(8-6-10)12-3-2-4-13(9-12)18-14(15,16)17/h2-9H,1H3. The second kappa shape index (κ2) is 4.72. The summed E-state index contributed by atoms with van der Waals surface area (Å²) in [4.78, 5) is 0. The molecule has 0 bridgehead atoms. The number of benzene rings is 2. The van der Waals surface area contributed by atoms with Crippen LogP contribution in [-0.2, 0) is 0 Å². The lowest BCUT2D eigenvalue weighted by Crippen LogP contribution is -2.17. The van der Waals surface area contributed by atoms with Crippen molar-refractivity contribution in [2.45, 2.75) is 13.3 Å². The van der Waals surface area contributed by atoms with Crippen LogP contribution in [0.4, 0.5) is 13.2 Å². The van der Waals surface area contributed by atoms with Gasteiger partial charge in [0.05, 0.1) is 0 Å². The van der Waals surface area contributed by atoms with Gasteiger partial charge in [-0.05, 0) is 30.2 Å². The fourth-order valence-electron chi connectivity index (χ4n) is 1.62. The van der Waals surface area contributed by atoms with E-state index in [4.69, 9.17) is 0 Å². The minimum absolute atomic E-state index is 0.208. The van der Waals surface area contributed by atoms with Crippen LogP contribution in [-0.4, -0.2) is 6.36 Å². The van der Waals surface area contributed by atoms with Gasteiger partial charge in [-0.3, -0.25) is 0 Å². The lowest BCUT2D eigenvalue weighted by Gasteiger charge is -2.10. The largest absolute Gasteiger partial charge is 0.573 e. The monoisotopic (exact) mass is 252 g/mol. The second-order valence-corrected chi connectivity index (χ2v) is 3.94. The third-order valence-corrected chi connectivity index (χ3v) is 2.45. The van der Waals surface area contributed by atoms with Crippen molar-refractivity contribution in [3.63, 3.8) is 0 Å². The van der Waals surface area contributed by atoms with Crippen LogP contribution in [0.2, 0.25) is 0 Å². The molecule has 0 radical (unpaired) electrons. The van der Waals surface area contributed by atoms with Gasteiger partial charge >= 0.3 is 6.36 Å². The molecule has 4 heteroatoms. The summed E-state index contributed by atoms with van der Waals surface area (Å²) >= 11 is 0. The molecular formula is C14H11F3O. The molecule has 0 aliphatic heterocycles. The minimum Gasteiger partial charge on any atom is -0.406 e. The summed E-state index contributed by atoms with van der Waals surface area (Å²) < 4.78 is 40.2. The molecular weight excluding hydrogens is 241 g/mol. The zero-order valence-corrected chi connectivity index (χ0v) is 9.66. The second-order valence-electron chi connectivity index (χ2n) is 3.94. The molecule has 2 aromatic rings. The quantitative estimate of drug-likeness (QED) is 0.761. The van der Waals surface area contributed by atoms with Crippen LogP contribution in [0.25, 0.3) is 11.1 Å². The molecule has 0 amide bonds. The Kier molecular flexibility index (Phi) is 3.28. The maximum Gasteiger partial charge on any atom is 0.573 e. The minimum atomic E-state index is -4.66. The van der Waals surface area contributed by atoms with Crippen molar-refractivity contribution < 1.29 is 17.9 Å². The van der Waals surface area contributed by atoms with E-state index in [0.29, 0.717) is 5.56 Å². The smallest absolute Gasteiger partial charge is 0.406 e. The number of alkyl halides is 3. The van der Waals surface area contributed by atoms with Crippen LogP contribution in [0.3, 0.4) is 0 Å². The van der Waals surface area contributed by atoms with Crippen molar-refractivity contribution in [3.8, 4) is 16.9 Å². The van der Waals surface area contributed by atoms with Crippen molar-refractivity contribution >= 4 is 0 Å². The first-order valence-electron chi connectivity index (χ1n) is 5.37. The van der Waals surface area contributed by atoms with Gasteiger partial charge in [0.2, 0.25) is 0 Å². The van der Waals surface area contributed by atoms with E-state index in [1.807, 2.05) is 31.2 Å². The molecule has 0 saturated heterocycles. The van der Waals surface area contributed by atoms with Gasteiger partial charge in [0.15, 0.2) is 0 Å². The summed E-state index contributed by atoms with van der Waals surface area (Å²) in [6.45, 7) is 1.95. The molecule has 94 valence electrons. The van der Waals surface area contributed by atoms with Gasteiger partial charge in [0, 0.05) is 0 Å². The summed E-state index contributed by atoms with van der Waals surface area (Å²) in [7, 11) is 0. The fraction of sp³-hybridized carbons (Fsp3) is 0.143. The van der Waals surface area contributed by atoms with Gasteiger partial charge in [0.25, 0.3) is 0 Å². The first kappa shape index (κ1) is 12.5. The summed E-state index contributed by atoms with van der Waals surface area (Å²) in [6, 6.07) is 13.5. The van der Waals surface area contributed by atoms with E-state index in [0.717, 1.165) is 11.1 Å². The van der Waals surface area contributed by atoms with Gasteiger partial charge in [-0.25, -0.2) is 0 Å². The zero-order chi connectivity index (χ0) is 13.2. The van der Waals surface area contributed by atoms with Crippen LogP contribution in [0.1, 0.15) is 5.56 Å². The highest BCUT2D eigenvalue weighted by atomic mass is 19.4. The Morgan fingerprint density at radius 3 is 2.17 bits per heavy atom. The molecule has 2 rings (SSSR count). The molecule has 0 N–H and O–H groups in total. The average Bonchev–Trinajstić information content (AvgIpc) is 2.28. The molecule has 0 saturated carbocycles. The number of aryl methyl sites for hydroxylation is 1. The highest BCUT2D eigenvalue weighted by Gasteiger charge is 2.31. The summed E-state index contributed by atoms with van der Waals surface area (Å²) in [5.41, 5.74) is 2.64. The number of hydrogen-bond acceptors (Lipinski definition) is 1. The third kappa shape index (κ3) is 3.26. The first-order valence-corrected chi connectivity index (χ1v) is 5.37. The Bertz CT molecular complexity index is 529. The molecule has 0 aliphatic carbocycles. The average molecular weight is 252 g/mol. The number of rotatable bonds is 2. The van der Waals surface area contributed by atoms with Crippen LogP contribution >= 0.6 is 0 Å². The van der Waals surface area contributed by atoms with Crippen LogP contribution < -0.4 is 4.74 Å². The molecule has 0 aromatic heterocycles. The number of halogens is 3. The van der Waals surface area contributed by atoms with Crippen molar-refractivity contribution in [3.05, 3.63) is 54.1 Å². The lowest BCUT2D eigenvalue weighted by molar-refractivity contribution is -0.274. The molecule has 1 nitrogen and oxygen atoms in total. The highest BCUT2D eigenvalue weighted by molar-refractivity contribution is 5.65. The van der Waals surface area contributed by atoms with E-state index < -0.39 is 6.36 Å². The molecule has 0 atom stereocenters. The van der Waals surface area contributed by atoms with Gasteiger partial charge in [-0.15, -0.1) is 13.2 Å². The fourth-order valence-corrected chi connectivity index (χ4v) is 1.62. The predicted octanol–water partition coefficient (Wildman–Crippen LogP) is 4.56. The first-order chi connectivity index (χ1) is 8.44. The Hall–Kier alpha value is -1.97. The van der Waals surface area contributed by atoms with Crippen LogP contribution in [0, 0.1) is 6.92 Å². The predicted molar refractivity (Wildman–Crippen MR) is 63.3 cm³/mol. The van der Waals surface area contributed by atoms with E-state index in [-0.39, 0.29) is 5.75 Å². The Morgan fingerprint density at radius 2 is 1.56 bits per heavy atom. The van der Waals surface area contributed by atoms with Gasteiger partial charge in [-0.2, -0.15) is 0 Å². The highest BCUT2D eigenvalue weighted by Crippen LogP contribution is 2.27. The molecule has 2 aromatic carbocycles. The van der Waals surface area contributed by atoms with E-state index >= 15 is 0 Å². The third-order valence-electron chi connectivity index (χ3n) is 2.45. The van der Waals surface area contributed by atoms with Gasteiger partial charge in [-0.1, -0.05) is 42.0 Å². The van der Waals surface area contributed by atoms with Gasteiger partial charge in [0.1, 0.15) is 5.75 Å². The molecule has 0 aliphatic rings. The SMILES string of the molecule is Cc1ccc(-c2cccc(OC(F)(F)F)c2)cc1. The van der Waals surface area contributed by atoms with Crippen molar-refractivity contribution in [2.75, 3.05) is 0 Å². The Labute approximate surface area is 103 Å². The molecule has 18 heavy (non-hydrogen) atoms. The van der Waals surface area contributed by atoms with E-state index in [1.165, 1.54) is 18.2 Å². The lowest BCUT2D eigenvalue weighted by atomic mass is 10.0. The number of hydrogen-bond donors (Lipinski definition) is 0. The van der Waals surface area contributed by atoms with Crippen molar-refractivity contribution in [1.29, 1.82) is 0 Å². The van der Waals surface area contributed by atoms with Crippen LogP contribution in [0.5, 0.6) is 5.75 Å². The van der Waals surface area contributed by atoms with Crippen LogP contribution in [0.15, 0.2) is 48.5 Å². The van der Waals surface area contributed by atoms with Crippen molar-refractivity contribution in [1.82, 2.24) is 0 Å². The van der Waals surface area contributed by atoms with Crippen molar-refractivity contribution in [2.24, 2.45) is 0 Å². The Balaban J connectivity index is 2.29. The zero-order valence-electron chi connectivity index (χ0n) is 9.66. The topological polar surface area (TPSA) is 9.23 Å². The van der Waals surface area contributed by atoms with E-state index in [9.17, 15) is 13.2 Å². The maximum atomic E-state index is 12.1. The molecule has 0 fully saturated rings. The normalized spacial score (nSPS) is 11.3. The molecule has 0 heterocycles. The molecule has 0 unspecified atom stereocenters. The summed E-state index contributed by atoms with van der Waals surface area (Å²) in [5.74, 6) is -0.208. The maximum absolute atomic E-state index is 12.1. The summed E-state index contributed by atoms with van der Waals surface area (Å²) in [5, 5.41) is 0.